The van der Waals surface area contributed by atoms with Gasteiger partial charge in [-0.05, 0) is 24.3 Å². The van der Waals surface area contributed by atoms with Crippen LogP contribution in [0.25, 0.3) is 0 Å². The summed E-state index contributed by atoms with van der Waals surface area (Å²) in [5.41, 5.74) is 0.0643. The Morgan fingerprint density at radius 3 is 2.45 bits per heavy atom. The van der Waals surface area contributed by atoms with E-state index in [1.54, 1.807) is 0 Å². The van der Waals surface area contributed by atoms with Crippen LogP contribution in [-0.2, 0) is 0 Å². The van der Waals surface area contributed by atoms with E-state index in [2.05, 4.69) is 10.6 Å². The lowest BCUT2D eigenvalue weighted by Gasteiger charge is -2.07. The van der Waals surface area contributed by atoms with Crippen LogP contribution in [0, 0.1) is 21.7 Å². The van der Waals surface area contributed by atoms with Crippen molar-refractivity contribution in [1.82, 2.24) is 0 Å². The second-order valence-corrected chi connectivity index (χ2v) is 4.32. The highest BCUT2D eigenvalue weighted by Crippen LogP contribution is 2.25. The molecule has 2 rings (SSSR count). The van der Waals surface area contributed by atoms with E-state index in [4.69, 9.17) is 0 Å². The second-order valence-electron chi connectivity index (χ2n) is 4.32. The maximum absolute atomic E-state index is 13.1. The lowest BCUT2D eigenvalue weighted by atomic mass is 10.1. The smallest absolute Gasteiger partial charge is 0.293 e. The summed E-state index contributed by atoms with van der Waals surface area (Å²) in [6.45, 7) is 0. The number of carbonyl (C=O) groups excluding carboxylic acids is 1. The van der Waals surface area contributed by atoms with Gasteiger partial charge >= 0.3 is 0 Å². The normalized spacial score (nSPS) is 10.1. The van der Waals surface area contributed by atoms with Crippen molar-refractivity contribution in [3.63, 3.8) is 0 Å². The van der Waals surface area contributed by atoms with Crippen LogP contribution in [0.2, 0.25) is 0 Å². The molecule has 2 aromatic carbocycles. The average molecular weight is 307 g/mol. The first-order chi connectivity index (χ1) is 10.4. The van der Waals surface area contributed by atoms with Gasteiger partial charge in [0.25, 0.3) is 11.6 Å². The molecule has 0 unspecified atom stereocenters. The number of halogens is 2. The molecule has 0 aliphatic heterocycles. The third-order valence-corrected chi connectivity index (χ3v) is 2.90. The fraction of sp³-hybridized carbons (Fsp3) is 0.0714. The van der Waals surface area contributed by atoms with Gasteiger partial charge in [0.15, 0.2) is 11.6 Å². The molecule has 1 amide bonds. The molecule has 0 spiro atoms. The molecular weight excluding hydrogens is 296 g/mol. The van der Waals surface area contributed by atoms with E-state index in [-0.39, 0.29) is 22.6 Å². The summed E-state index contributed by atoms with van der Waals surface area (Å²) >= 11 is 0. The molecule has 8 heteroatoms. The number of hydrogen-bond acceptors (Lipinski definition) is 4. The van der Waals surface area contributed by atoms with Gasteiger partial charge in [-0.3, -0.25) is 14.9 Å². The van der Waals surface area contributed by atoms with Gasteiger partial charge in [0.1, 0.15) is 5.69 Å². The summed E-state index contributed by atoms with van der Waals surface area (Å²) in [7, 11) is 1.52. The first-order valence-corrected chi connectivity index (χ1v) is 6.15. The number of hydrogen-bond donors (Lipinski definition) is 2. The van der Waals surface area contributed by atoms with Crippen LogP contribution in [0.15, 0.2) is 36.4 Å². The first-order valence-electron chi connectivity index (χ1n) is 6.15. The highest BCUT2D eigenvalue weighted by atomic mass is 19.2. The summed E-state index contributed by atoms with van der Waals surface area (Å²) in [4.78, 5) is 22.3. The standard InChI is InChI=1S/C14H11F2N3O3/c1-17-12-5-2-8(6-13(12)19(21)22)14(20)18-9-3-4-10(15)11(16)7-9/h2-7,17H,1H3,(H,18,20). The predicted molar refractivity (Wildman–Crippen MR) is 77.0 cm³/mol. The fourth-order valence-corrected chi connectivity index (χ4v) is 1.81. The average Bonchev–Trinajstić information content (AvgIpc) is 2.50. The zero-order valence-corrected chi connectivity index (χ0v) is 11.4. The number of carbonyl (C=O) groups is 1. The Balaban J connectivity index is 2.27. The van der Waals surface area contributed by atoms with Crippen LogP contribution < -0.4 is 10.6 Å². The third kappa shape index (κ3) is 3.17. The van der Waals surface area contributed by atoms with E-state index < -0.39 is 22.5 Å². The topological polar surface area (TPSA) is 84.3 Å². The molecule has 6 nitrogen and oxygen atoms in total. The number of amides is 1. The summed E-state index contributed by atoms with van der Waals surface area (Å²) in [5, 5.41) is 15.9. The van der Waals surface area contributed by atoms with E-state index in [1.807, 2.05) is 0 Å². The Morgan fingerprint density at radius 1 is 1.14 bits per heavy atom. The minimum absolute atomic E-state index is 0.0235. The summed E-state index contributed by atoms with van der Waals surface area (Å²) < 4.78 is 25.9. The maximum Gasteiger partial charge on any atom is 0.293 e. The third-order valence-electron chi connectivity index (χ3n) is 2.90. The lowest BCUT2D eigenvalue weighted by Crippen LogP contribution is -2.13. The van der Waals surface area contributed by atoms with Gasteiger partial charge in [0.2, 0.25) is 0 Å². The van der Waals surface area contributed by atoms with Gasteiger partial charge < -0.3 is 10.6 Å². The molecule has 0 bridgehead atoms. The van der Waals surface area contributed by atoms with E-state index in [1.165, 1.54) is 25.2 Å². The van der Waals surface area contributed by atoms with Gasteiger partial charge in [-0.15, -0.1) is 0 Å². The van der Waals surface area contributed by atoms with Gasteiger partial charge in [0.05, 0.1) is 4.92 Å². The molecule has 0 saturated heterocycles. The number of nitro benzene ring substituents is 1. The number of nitrogens with zero attached hydrogens (tertiary/aromatic N) is 1. The first kappa shape index (κ1) is 15.4. The lowest BCUT2D eigenvalue weighted by molar-refractivity contribution is -0.384. The van der Waals surface area contributed by atoms with E-state index in [0.29, 0.717) is 0 Å². The Bertz CT molecular complexity index is 750. The van der Waals surface area contributed by atoms with Crippen molar-refractivity contribution in [2.24, 2.45) is 0 Å². The summed E-state index contributed by atoms with van der Waals surface area (Å²) in [6.07, 6.45) is 0. The fourth-order valence-electron chi connectivity index (χ4n) is 1.81. The molecule has 0 radical (unpaired) electrons. The van der Waals surface area contributed by atoms with Crippen molar-refractivity contribution in [3.05, 3.63) is 63.7 Å². The predicted octanol–water partition coefficient (Wildman–Crippen LogP) is 3.17. The number of nitro groups is 1. The Labute approximate surface area is 123 Å². The molecule has 114 valence electrons. The van der Waals surface area contributed by atoms with E-state index >= 15 is 0 Å². The zero-order valence-electron chi connectivity index (χ0n) is 11.4. The molecule has 2 N–H and O–H groups in total. The molecule has 0 aromatic heterocycles. The number of nitrogens with one attached hydrogen (secondary N) is 2. The van der Waals surface area contributed by atoms with Crippen molar-refractivity contribution < 1.29 is 18.5 Å². The molecular formula is C14H11F2N3O3. The zero-order chi connectivity index (χ0) is 16.3. The van der Waals surface area contributed by atoms with Crippen molar-refractivity contribution in [2.45, 2.75) is 0 Å². The SMILES string of the molecule is CNc1ccc(C(=O)Nc2ccc(F)c(F)c2)cc1[N+](=O)[O-]. The Morgan fingerprint density at radius 2 is 1.86 bits per heavy atom. The Kier molecular flexibility index (Phi) is 4.31. The quantitative estimate of drug-likeness (QED) is 0.671. The van der Waals surface area contributed by atoms with Gasteiger partial charge in [-0.25, -0.2) is 8.78 Å². The van der Waals surface area contributed by atoms with Crippen molar-refractivity contribution >= 4 is 23.0 Å². The second kappa shape index (κ2) is 6.17. The van der Waals surface area contributed by atoms with Gasteiger partial charge in [0, 0.05) is 30.4 Å². The largest absolute Gasteiger partial charge is 0.383 e. The van der Waals surface area contributed by atoms with Crippen molar-refractivity contribution in [3.8, 4) is 0 Å². The summed E-state index contributed by atoms with van der Waals surface area (Å²) in [5.74, 6) is -2.81. The summed E-state index contributed by atoms with van der Waals surface area (Å²) in [6, 6.07) is 6.75. The highest BCUT2D eigenvalue weighted by Gasteiger charge is 2.17. The molecule has 0 atom stereocenters. The molecule has 0 fully saturated rings. The van der Waals surface area contributed by atoms with Crippen LogP contribution in [-0.4, -0.2) is 17.9 Å². The van der Waals surface area contributed by atoms with Crippen molar-refractivity contribution in [1.29, 1.82) is 0 Å². The molecule has 0 heterocycles. The number of rotatable bonds is 4. The van der Waals surface area contributed by atoms with Crippen LogP contribution in [0.4, 0.5) is 25.8 Å². The van der Waals surface area contributed by atoms with E-state index in [0.717, 1.165) is 18.2 Å². The molecule has 0 saturated carbocycles. The number of anilines is 2. The molecule has 2 aromatic rings. The van der Waals surface area contributed by atoms with Crippen LogP contribution in [0.1, 0.15) is 10.4 Å². The van der Waals surface area contributed by atoms with Crippen LogP contribution in [0.3, 0.4) is 0 Å². The van der Waals surface area contributed by atoms with Gasteiger partial charge in [-0.2, -0.15) is 0 Å². The van der Waals surface area contributed by atoms with Crippen LogP contribution in [0.5, 0.6) is 0 Å². The molecule has 0 aliphatic rings. The Hall–Kier alpha value is -3.03. The highest BCUT2D eigenvalue weighted by molar-refractivity contribution is 6.05. The maximum atomic E-state index is 13.1. The minimum Gasteiger partial charge on any atom is -0.383 e. The van der Waals surface area contributed by atoms with Crippen molar-refractivity contribution in [2.75, 3.05) is 17.7 Å². The van der Waals surface area contributed by atoms with Crippen LogP contribution >= 0.6 is 0 Å². The van der Waals surface area contributed by atoms with Gasteiger partial charge in [-0.1, -0.05) is 0 Å². The minimum atomic E-state index is -1.10. The molecule has 22 heavy (non-hydrogen) atoms. The monoisotopic (exact) mass is 307 g/mol. The van der Waals surface area contributed by atoms with E-state index in [9.17, 15) is 23.7 Å². The molecule has 0 aliphatic carbocycles. The number of benzene rings is 2.